The van der Waals surface area contributed by atoms with Gasteiger partial charge in [0.25, 0.3) is 0 Å². The first-order valence-electron chi connectivity index (χ1n) is 9.64. The van der Waals surface area contributed by atoms with Crippen LogP contribution in [-0.2, 0) is 12.8 Å². The van der Waals surface area contributed by atoms with Crippen molar-refractivity contribution in [3.63, 3.8) is 0 Å². The fraction of sp³-hybridized carbons (Fsp3) is 0.240. The highest BCUT2D eigenvalue weighted by molar-refractivity contribution is 5.85. The van der Waals surface area contributed by atoms with Gasteiger partial charge in [0.2, 0.25) is 0 Å². The Balaban J connectivity index is 2.27. The van der Waals surface area contributed by atoms with Gasteiger partial charge in [-0.1, -0.05) is 23.3 Å². The average molecular weight is 390 g/mol. The summed E-state index contributed by atoms with van der Waals surface area (Å²) >= 11 is 0. The van der Waals surface area contributed by atoms with Crippen molar-refractivity contribution in [1.82, 2.24) is 0 Å². The van der Waals surface area contributed by atoms with Gasteiger partial charge >= 0.3 is 0 Å². The number of aromatic hydroxyl groups is 2. The molecule has 3 aromatic rings. The van der Waals surface area contributed by atoms with Crippen molar-refractivity contribution in [2.75, 3.05) is 0 Å². The van der Waals surface area contributed by atoms with Crippen molar-refractivity contribution in [3.8, 4) is 22.8 Å². The third-order valence-electron chi connectivity index (χ3n) is 4.76. The van der Waals surface area contributed by atoms with E-state index >= 15 is 0 Å². The van der Waals surface area contributed by atoms with Crippen LogP contribution in [0.15, 0.2) is 68.9 Å². The molecule has 0 amide bonds. The molecule has 0 aliphatic rings. The Hall–Kier alpha value is -3.27. The zero-order chi connectivity index (χ0) is 21.1. The van der Waals surface area contributed by atoms with Crippen molar-refractivity contribution >= 4 is 11.0 Å². The van der Waals surface area contributed by atoms with Gasteiger partial charge in [-0.2, -0.15) is 0 Å². The molecule has 4 heteroatoms. The van der Waals surface area contributed by atoms with Gasteiger partial charge in [0.15, 0.2) is 5.43 Å². The van der Waals surface area contributed by atoms with Gasteiger partial charge in [-0.3, -0.25) is 4.79 Å². The van der Waals surface area contributed by atoms with Crippen molar-refractivity contribution < 1.29 is 14.6 Å². The monoisotopic (exact) mass is 390 g/mol. The maximum absolute atomic E-state index is 12.9. The first-order valence-corrected chi connectivity index (χ1v) is 9.64. The number of benzene rings is 2. The number of phenolic OH excluding ortho intramolecular Hbond substituents is 2. The SMILES string of the molecule is CC(C)=CCc1cc2c(=O)cc(-c3ccc(O)cc3)oc2c(CC=C(C)C)c1O. The van der Waals surface area contributed by atoms with Gasteiger partial charge in [0.05, 0.1) is 5.39 Å². The second-order valence-corrected chi connectivity index (χ2v) is 7.73. The molecular formula is C25H26O4. The van der Waals surface area contributed by atoms with E-state index in [1.54, 1.807) is 30.3 Å². The van der Waals surface area contributed by atoms with Crippen LogP contribution in [0.25, 0.3) is 22.3 Å². The van der Waals surface area contributed by atoms with Gasteiger partial charge in [0, 0.05) is 17.2 Å². The van der Waals surface area contributed by atoms with E-state index in [-0.39, 0.29) is 16.9 Å². The van der Waals surface area contributed by atoms with Crippen molar-refractivity contribution in [1.29, 1.82) is 0 Å². The number of phenols is 2. The summed E-state index contributed by atoms with van der Waals surface area (Å²) in [6.45, 7) is 7.98. The Kier molecular flexibility index (Phi) is 5.92. The Morgan fingerprint density at radius 2 is 1.55 bits per heavy atom. The summed E-state index contributed by atoms with van der Waals surface area (Å²) in [5.74, 6) is 0.707. The molecule has 0 spiro atoms. The molecule has 150 valence electrons. The minimum absolute atomic E-state index is 0.141. The molecule has 4 nitrogen and oxygen atoms in total. The zero-order valence-electron chi connectivity index (χ0n) is 17.2. The topological polar surface area (TPSA) is 70.7 Å². The molecule has 0 saturated carbocycles. The van der Waals surface area contributed by atoms with Crippen LogP contribution >= 0.6 is 0 Å². The van der Waals surface area contributed by atoms with Crippen LogP contribution in [0, 0.1) is 0 Å². The smallest absolute Gasteiger partial charge is 0.193 e. The molecule has 0 fully saturated rings. The fourth-order valence-electron chi connectivity index (χ4n) is 3.14. The molecule has 2 aromatic carbocycles. The Morgan fingerprint density at radius 3 is 2.17 bits per heavy atom. The van der Waals surface area contributed by atoms with Crippen LogP contribution in [0.2, 0.25) is 0 Å². The van der Waals surface area contributed by atoms with Crippen molar-refractivity contribution in [2.45, 2.75) is 40.5 Å². The molecular weight excluding hydrogens is 364 g/mol. The van der Waals surface area contributed by atoms with E-state index in [0.717, 1.165) is 11.1 Å². The second-order valence-electron chi connectivity index (χ2n) is 7.73. The van der Waals surface area contributed by atoms with Gasteiger partial charge in [-0.15, -0.1) is 0 Å². The maximum Gasteiger partial charge on any atom is 0.193 e. The largest absolute Gasteiger partial charge is 0.508 e. The summed E-state index contributed by atoms with van der Waals surface area (Å²) in [7, 11) is 0. The minimum Gasteiger partial charge on any atom is -0.508 e. The molecule has 0 unspecified atom stereocenters. The molecule has 1 aromatic heterocycles. The van der Waals surface area contributed by atoms with Gasteiger partial charge in [-0.05, 0) is 76.4 Å². The first-order chi connectivity index (χ1) is 13.8. The molecule has 0 bridgehead atoms. The molecule has 2 N–H and O–H groups in total. The van der Waals surface area contributed by atoms with E-state index in [0.29, 0.717) is 46.3 Å². The Labute approximate surface area is 170 Å². The molecule has 1 heterocycles. The fourth-order valence-corrected chi connectivity index (χ4v) is 3.14. The summed E-state index contributed by atoms with van der Waals surface area (Å²) in [4.78, 5) is 12.9. The highest BCUT2D eigenvalue weighted by Crippen LogP contribution is 2.34. The van der Waals surface area contributed by atoms with E-state index in [9.17, 15) is 15.0 Å². The van der Waals surface area contributed by atoms with Crippen LogP contribution < -0.4 is 5.43 Å². The predicted octanol–water partition coefficient (Wildman–Crippen LogP) is 5.89. The Morgan fingerprint density at radius 1 is 0.931 bits per heavy atom. The van der Waals surface area contributed by atoms with E-state index in [1.165, 1.54) is 6.07 Å². The molecule has 0 atom stereocenters. The van der Waals surface area contributed by atoms with Crippen molar-refractivity contribution in [2.24, 2.45) is 0 Å². The first kappa shape index (κ1) is 20.5. The lowest BCUT2D eigenvalue weighted by molar-refractivity contribution is 0.462. The number of hydrogen-bond acceptors (Lipinski definition) is 4. The third-order valence-corrected chi connectivity index (χ3v) is 4.76. The third kappa shape index (κ3) is 4.60. The molecule has 29 heavy (non-hydrogen) atoms. The van der Waals surface area contributed by atoms with Crippen LogP contribution in [-0.4, -0.2) is 10.2 Å². The average Bonchev–Trinajstić information content (AvgIpc) is 2.66. The highest BCUT2D eigenvalue weighted by atomic mass is 16.3. The molecule has 0 saturated heterocycles. The molecule has 0 aliphatic heterocycles. The molecule has 0 radical (unpaired) electrons. The molecule has 0 aliphatic carbocycles. The van der Waals surface area contributed by atoms with E-state index in [2.05, 4.69) is 0 Å². The maximum atomic E-state index is 12.9. The van der Waals surface area contributed by atoms with E-state index < -0.39 is 0 Å². The quantitative estimate of drug-likeness (QED) is 0.533. The summed E-state index contributed by atoms with van der Waals surface area (Å²) in [6.07, 6.45) is 5.05. The number of allylic oxidation sites excluding steroid dienone is 4. The van der Waals surface area contributed by atoms with E-state index in [1.807, 2.05) is 39.8 Å². The second kappa shape index (κ2) is 8.39. The molecule has 3 rings (SSSR count). The summed E-state index contributed by atoms with van der Waals surface area (Å²) in [6, 6.07) is 9.66. The normalized spacial score (nSPS) is 10.8. The lowest BCUT2D eigenvalue weighted by atomic mass is 9.98. The van der Waals surface area contributed by atoms with Crippen molar-refractivity contribution in [3.05, 3.63) is 81.0 Å². The summed E-state index contributed by atoms with van der Waals surface area (Å²) in [5, 5.41) is 20.9. The summed E-state index contributed by atoms with van der Waals surface area (Å²) < 4.78 is 6.11. The lowest BCUT2D eigenvalue weighted by Crippen LogP contribution is -2.04. The lowest BCUT2D eigenvalue weighted by Gasteiger charge is -2.13. The number of rotatable bonds is 5. The number of fused-ring (bicyclic) bond motifs is 1. The highest BCUT2D eigenvalue weighted by Gasteiger charge is 2.17. The van der Waals surface area contributed by atoms with E-state index in [4.69, 9.17) is 4.42 Å². The van der Waals surface area contributed by atoms with Crippen LogP contribution in [0.5, 0.6) is 11.5 Å². The number of hydrogen-bond donors (Lipinski definition) is 2. The standard InChI is InChI=1S/C25H26O4/c1-15(2)5-7-18-13-21-22(27)14-23(17-8-10-19(26)11-9-17)29-25(21)20(24(18)28)12-6-16(3)4/h5-6,8-11,13-14,26,28H,7,12H2,1-4H3. The Bertz CT molecular complexity index is 1150. The van der Waals surface area contributed by atoms with Crippen LogP contribution in [0.3, 0.4) is 0 Å². The predicted molar refractivity (Wildman–Crippen MR) is 118 cm³/mol. The summed E-state index contributed by atoms with van der Waals surface area (Å²) in [5.41, 5.74) is 4.50. The minimum atomic E-state index is -0.161. The van der Waals surface area contributed by atoms with Gasteiger partial charge < -0.3 is 14.6 Å². The van der Waals surface area contributed by atoms with Crippen LogP contribution in [0.4, 0.5) is 0 Å². The zero-order valence-corrected chi connectivity index (χ0v) is 17.2. The van der Waals surface area contributed by atoms with Crippen LogP contribution in [0.1, 0.15) is 38.8 Å². The van der Waals surface area contributed by atoms with Gasteiger partial charge in [-0.25, -0.2) is 0 Å². The van der Waals surface area contributed by atoms with Gasteiger partial charge in [0.1, 0.15) is 22.8 Å².